The zero-order chi connectivity index (χ0) is 16.9. The van der Waals surface area contributed by atoms with Gasteiger partial charge in [-0.3, -0.25) is 4.79 Å². The van der Waals surface area contributed by atoms with Crippen LogP contribution in [0.3, 0.4) is 0 Å². The van der Waals surface area contributed by atoms with Gasteiger partial charge in [0.15, 0.2) is 0 Å². The molecule has 1 saturated heterocycles. The van der Waals surface area contributed by atoms with Crippen LogP contribution in [-0.4, -0.2) is 23.3 Å². The number of carbonyl (C=O) groups excluding carboxylic acids is 1. The maximum absolute atomic E-state index is 11.8. The maximum Gasteiger partial charge on any atom is 0.302 e. The smallest absolute Gasteiger partial charge is 0.302 e. The minimum atomic E-state index is -0.140. The Morgan fingerprint density at radius 2 is 1.70 bits per heavy atom. The molecule has 3 nitrogen and oxygen atoms in total. The van der Waals surface area contributed by atoms with Crippen molar-refractivity contribution >= 4 is 5.97 Å². The van der Waals surface area contributed by atoms with Gasteiger partial charge in [0.2, 0.25) is 0 Å². The van der Waals surface area contributed by atoms with Gasteiger partial charge in [-0.1, -0.05) is 34.1 Å². The fourth-order valence-corrected chi connectivity index (χ4v) is 7.55. The number of hydrogen-bond acceptors (Lipinski definition) is 3. The van der Waals surface area contributed by atoms with Crippen molar-refractivity contribution in [1.82, 2.24) is 0 Å². The second-order valence-corrected chi connectivity index (χ2v) is 10.1. The molecule has 0 aromatic heterocycles. The molecule has 130 valence electrons. The maximum atomic E-state index is 11.8. The van der Waals surface area contributed by atoms with E-state index in [1.54, 1.807) is 6.92 Å². The van der Waals surface area contributed by atoms with Crippen molar-refractivity contribution in [3.8, 4) is 0 Å². The van der Waals surface area contributed by atoms with Crippen molar-refractivity contribution in [2.45, 2.75) is 97.4 Å². The first-order chi connectivity index (χ1) is 10.5. The molecule has 0 radical (unpaired) electrons. The van der Waals surface area contributed by atoms with E-state index in [1.807, 2.05) is 0 Å². The molecule has 4 fully saturated rings. The Kier molecular flexibility index (Phi) is 2.87. The molecule has 6 atom stereocenters. The van der Waals surface area contributed by atoms with Crippen LogP contribution in [0, 0.1) is 22.2 Å². The molecule has 3 saturated carbocycles. The molecule has 4 bridgehead atoms. The molecule has 23 heavy (non-hydrogen) atoms. The van der Waals surface area contributed by atoms with Crippen molar-refractivity contribution in [1.29, 1.82) is 0 Å². The highest BCUT2D eigenvalue weighted by atomic mass is 16.6. The molecule has 1 aliphatic heterocycles. The van der Waals surface area contributed by atoms with Crippen molar-refractivity contribution in [2.24, 2.45) is 22.2 Å². The molecule has 3 heteroatoms. The molecule has 0 aromatic carbocycles. The Hall–Kier alpha value is -0.570. The normalized spacial score (nSPS) is 56.3. The number of hydrogen-bond donors (Lipinski definition) is 0. The summed E-state index contributed by atoms with van der Waals surface area (Å²) in [6.07, 6.45) is 6.89. The molecular formula is C20H32O3. The molecule has 0 aromatic rings. The summed E-state index contributed by atoms with van der Waals surface area (Å²) in [5, 5.41) is 0. The van der Waals surface area contributed by atoms with Gasteiger partial charge in [-0.25, -0.2) is 0 Å². The highest BCUT2D eigenvalue weighted by Crippen LogP contribution is 2.81. The minimum Gasteiger partial charge on any atom is -0.462 e. The molecule has 3 aliphatic carbocycles. The number of rotatable bonds is 1. The van der Waals surface area contributed by atoms with Crippen LogP contribution >= 0.6 is 0 Å². The van der Waals surface area contributed by atoms with Gasteiger partial charge in [0.1, 0.15) is 6.10 Å². The van der Waals surface area contributed by atoms with E-state index in [2.05, 4.69) is 34.6 Å². The predicted octanol–water partition coefficient (Wildman–Crippen LogP) is 4.48. The zero-order valence-electron chi connectivity index (χ0n) is 15.6. The van der Waals surface area contributed by atoms with Crippen LogP contribution in [0.25, 0.3) is 0 Å². The molecular weight excluding hydrogens is 288 g/mol. The van der Waals surface area contributed by atoms with E-state index in [9.17, 15) is 4.79 Å². The second-order valence-electron chi connectivity index (χ2n) is 10.1. The third-order valence-electron chi connectivity index (χ3n) is 8.84. The van der Waals surface area contributed by atoms with Gasteiger partial charge in [-0.05, 0) is 44.4 Å². The fourth-order valence-electron chi connectivity index (χ4n) is 7.55. The van der Waals surface area contributed by atoms with Crippen LogP contribution in [0.4, 0.5) is 0 Å². The number of ether oxygens (including phenoxy) is 2. The van der Waals surface area contributed by atoms with Crippen molar-refractivity contribution in [3.63, 3.8) is 0 Å². The Morgan fingerprint density at radius 3 is 2.35 bits per heavy atom. The Bertz CT molecular complexity index is 569. The second kappa shape index (κ2) is 4.15. The highest BCUT2D eigenvalue weighted by Gasteiger charge is 2.83. The van der Waals surface area contributed by atoms with E-state index in [1.165, 1.54) is 19.3 Å². The first-order valence-electron chi connectivity index (χ1n) is 9.39. The fraction of sp³-hybridized carbons (Fsp3) is 0.950. The largest absolute Gasteiger partial charge is 0.462 e. The predicted molar refractivity (Wildman–Crippen MR) is 89.0 cm³/mol. The SMILES string of the molecule is CC(=O)O[C@H]1C[C@]2(C)[C@@]3(C)CC[C@]2(C)O[C@]32CCCC(C)(C)[C@H]12. The number of carbonyl (C=O) groups is 1. The van der Waals surface area contributed by atoms with E-state index >= 15 is 0 Å². The van der Waals surface area contributed by atoms with Gasteiger partial charge in [0.25, 0.3) is 0 Å². The lowest BCUT2D eigenvalue weighted by atomic mass is 9.42. The standard InChI is InChI=1S/C20H32O3/c1-13(21)22-14-12-18(5)17(4)10-11-19(18,6)23-20(17)9-7-8-16(2,3)15(14)20/h14-15H,7-12H2,1-6H3/t14-,15-,17+,18+,19-,20-/m0/s1. The molecule has 0 N–H and O–H groups in total. The van der Waals surface area contributed by atoms with Crippen LogP contribution in [0.1, 0.15) is 80.1 Å². The lowest BCUT2D eigenvalue weighted by molar-refractivity contribution is -0.250. The third-order valence-corrected chi connectivity index (χ3v) is 8.84. The van der Waals surface area contributed by atoms with E-state index in [4.69, 9.17) is 9.47 Å². The van der Waals surface area contributed by atoms with E-state index in [-0.39, 0.29) is 39.5 Å². The summed E-state index contributed by atoms with van der Waals surface area (Å²) in [4.78, 5) is 11.8. The van der Waals surface area contributed by atoms with Crippen molar-refractivity contribution < 1.29 is 14.3 Å². The van der Waals surface area contributed by atoms with E-state index in [0.29, 0.717) is 5.92 Å². The summed E-state index contributed by atoms with van der Waals surface area (Å²) in [5.41, 5.74) is 0.276. The summed E-state index contributed by atoms with van der Waals surface area (Å²) in [6, 6.07) is 0. The van der Waals surface area contributed by atoms with Gasteiger partial charge < -0.3 is 9.47 Å². The van der Waals surface area contributed by atoms with Gasteiger partial charge in [0, 0.05) is 23.7 Å². The minimum absolute atomic E-state index is 0.000741. The van der Waals surface area contributed by atoms with Crippen LogP contribution in [0.5, 0.6) is 0 Å². The Morgan fingerprint density at radius 1 is 1.00 bits per heavy atom. The average Bonchev–Trinajstić information content (AvgIpc) is 2.62. The average molecular weight is 320 g/mol. The topological polar surface area (TPSA) is 35.5 Å². The summed E-state index contributed by atoms with van der Waals surface area (Å²) < 4.78 is 13.0. The van der Waals surface area contributed by atoms with Crippen LogP contribution in [0.2, 0.25) is 0 Å². The Labute approximate surface area is 140 Å². The van der Waals surface area contributed by atoms with Crippen LogP contribution in [-0.2, 0) is 14.3 Å². The van der Waals surface area contributed by atoms with E-state index in [0.717, 1.165) is 19.3 Å². The van der Waals surface area contributed by atoms with Gasteiger partial charge >= 0.3 is 5.97 Å². The number of esters is 1. The lowest BCUT2D eigenvalue weighted by Gasteiger charge is -2.63. The lowest BCUT2D eigenvalue weighted by Crippen LogP contribution is -2.66. The monoisotopic (exact) mass is 320 g/mol. The summed E-state index contributed by atoms with van der Waals surface area (Å²) in [5.74, 6) is 0.173. The van der Waals surface area contributed by atoms with E-state index < -0.39 is 0 Å². The van der Waals surface area contributed by atoms with Crippen molar-refractivity contribution in [2.75, 3.05) is 0 Å². The third kappa shape index (κ3) is 1.54. The van der Waals surface area contributed by atoms with Crippen LogP contribution < -0.4 is 0 Å². The molecule has 4 rings (SSSR count). The van der Waals surface area contributed by atoms with Gasteiger partial charge in [-0.15, -0.1) is 0 Å². The molecule has 1 heterocycles. The van der Waals surface area contributed by atoms with Gasteiger partial charge in [-0.2, -0.15) is 0 Å². The summed E-state index contributed by atoms with van der Waals surface area (Å²) in [7, 11) is 0. The quantitative estimate of drug-likeness (QED) is 0.668. The van der Waals surface area contributed by atoms with Gasteiger partial charge in [0.05, 0.1) is 11.2 Å². The first kappa shape index (κ1) is 15.9. The first-order valence-corrected chi connectivity index (χ1v) is 9.39. The highest BCUT2D eigenvalue weighted by molar-refractivity contribution is 5.66. The molecule has 1 spiro atoms. The molecule has 0 unspecified atom stereocenters. The molecule has 4 aliphatic rings. The van der Waals surface area contributed by atoms with Crippen LogP contribution in [0.15, 0.2) is 0 Å². The summed E-state index contributed by atoms with van der Waals surface area (Å²) >= 11 is 0. The molecule has 0 amide bonds. The zero-order valence-corrected chi connectivity index (χ0v) is 15.6. The van der Waals surface area contributed by atoms with Crippen molar-refractivity contribution in [3.05, 3.63) is 0 Å². The Balaban J connectivity index is 1.90. The summed E-state index contributed by atoms with van der Waals surface area (Å²) in [6.45, 7) is 13.5.